The van der Waals surface area contributed by atoms with Crippen LogP contribution in [0.5, 0.6) is 11.5 Å². The van der Waals surface area contributed by atoms with E-state index >= 15 is 0 Å². The Morgan fingerprint density at radius 2 is 1.83 bits per heavy atom. The van der Waals surface area contributed by atoms with Crippen LogP contribution in [0.3, 0.4) is 0 Å². The van der Waals surface area contributed by atoms with E-state index in [9.17, 15) is 39.6 Å². The number of amides is 2. The maximum atomic E-state index is 14.0. The molecule has 4 atom stereocenters. The molecule has 3 aliphatic carbocycles. The molecule has 13 nitrogen and oxygen atoms in total. The molecule has 2 amide bonds. The number of benzene rings is 1. The molecule has 7 N–H and O–H groups in total. The number of fused-ring (bicyclic) bond motifs is 3. The molecule has 1 saturated carbocycles. The minimum absolute atomic E-state index is 0.0345. The molecule has 0 spiro atoms. The van der Waals surface area contributed by atoms with Gasteiger partial charge in [-0.3, -0.25) is 29.0 Å². The molecule has 2 fully saturated rings. The average Bonchev–Trinajstić information content (AvgIpc) is 2.92. The topological polar surface area (TPSA) is 203 Å². The zero-order valence-electron chi connectivity index (χ0n) is 23.8. The lowest BCUT2D eigenvalue weighted by molar-refractivity contribution is -0.153. The number of carbonyl (C=O) groups excluding carboxylic acids is 4. The van der Waals surface area contributed by atoms with Gasteiger partial charge in [-0.05, 0) is 58.8 Å². The van der Waals surface area contributed by atoms with E-state index in [0.29, 0.717) is 5.56 Å². The fraction of sp³-hybridized carbons (Fsp3) is 0.517. The molecule has 1 aliphatic heterocycles. The third kappa shape index (κ3) is 4.43. The minimum atomic E-state index is -2.73. The number of hydrogen-bond donors (Lipinski definition) is 6. The molecule has 1 aromatic carbocycles. The van der Waals surface area contributed by atoms with Gasteiger partial charge in [-0.15, -0.1) is 0 Å². The Balaban J connectivity index is 1.60. The van der Waals surface area contributed by atoms with Crippen LogP contribution < -0.4 is 15.8 Å². The Labute approximate surface area is 242 Å². The van der Waals surface area contributed by atoms with Crippen molar-refractivity contribution >= 4 is 34.8 Å². The summed E-state index contributed by atoms with van der Waals surface area (Å²) in [5.74, 6) is -7.58. The van der Waals surface area contributed by atoms with Gasteiger partial charge in [0, 0.05) is 23.1 Å². The van der Waals surface area contributed by atoms with Crippen molar-refractivity contribution in [3.8, 4) is 11.5 Å². The fourth-order valence-corrected chi connectivity index (χ4v) is 7.07. The lowest BCUT2D eigenvalue weighted by atomic mass is 9.57. The molecule has 0 aromatic heterocycles. The molecule has 0 unspecified atom stereocenters. The Morgan fingerprint density at radius 3 is 2.43 bits per heavy atom. The van der Waals surface area contributed by atoms with E-state index in [1.807, 2.05) is 4.90 Å². The number of carbonyl (C=O) groups is 4. The predicted octanol–water partition coefficient (Wildman–Crippen LogP) is 0.397. The number of aliphatic hydroxyl groups excluding tert-OH is 2. The number of Topliss-reactive ketones (excluding diaryl/α,β-unsaturated/α-hetero) is 2. The van der Waals surface area contributed by atoms with E-state index in [2.05, 4.69) is 5.32 Å². The van der Waals surface area contributed by atoms with Crippen LogP contribution in [0.1, 0.15) is 36.8 Å². The molecule has 5 rings (SSSR count). The van der Waals surface area contributed by atoms with Gasteiger partial charge < -0.3 is 36.2 Å². The molecule has 13 heteroatoms. The van der Waals surface area contributed by atoms with Crippen molar-refractivity contribution in [3.05, 3.63) is 34.1 Å². The Kier molecular flexibility index (Phi) is 7.54. The summed E-state index contributed by atoms with van der Waals surface area (Å²) < 4.78 is 5.55. The van der Waals surface area contributed by atoms with Gasteiger partial charge in [0.2, 0.25) is 11.7 Å². The second-order valence-corrected chi connectivity index (χ2v) is 11.7. The van der Waals surface area contributed by atoms with Gasteiger partial charge in [-0.1, -0.05) is 6.42 Å². The highest BCUT2D eigenvalue weighted by molar-refractivity contribution is 6.24. The zero-order chi connectivity index (χ0) is 30.7. The van der Waals surface area contributed by atoms with Gasteiger partial charge in [0.1, 0.15) is 22.8 Å². The number of nitrogens with zero attached hydrogens (tertiary/aromatic N) is 2. The summed E-state index contributed by atoms with van der Waals surface area (Å²) in [6.07, 6.45) is 3.12. The first-order chi connectivity index (χ1) is 19.8. The maximum Gasteiger partial charge on any atom is 0.255 e. The van der Waals surface area contributed by atoms with Crippen molar-refractivity contribution < 1.29 is 44.3 Å². The summed E-state index contributed by atoms with van der Waals surface area (Å²) in [7, 11) is 4.47. The van der Waals surface area contributed by atoms with Crippen molar-refractivity contribution in [2.75, 3.05) is 46.2 Å². The Hall–Kier alpha value is -3.94. The van der Waals surface area contributed by atoms with E-state index in [0.717, 1.165) is 32.4 Å². The summed E-state index contributed by atoms with van der Waals surface area (Å²) in [5, 5.41) is 48.1. The van der Waals surface area contributed by atoms with Crippen LogP contribution in [0, 0.1) is 11.8 Å². The molecule has 4 aliphatic rings. The standard InChI is InChI=1S/C29H36N4O9/c1-32(2)22-15-10-13-9-14-17(42-3)11-16(31-18(34)12-33-7-5-4-6-8-33)23(35)20(14)24(36)19(13)26(38)29(15,41)27(39)21(25(22)37)28(30)40/h11,13,15,22,35-36,39,41H,4-10,12H2,1-3H3,(H2,30,40)(H,31,34)/t13-,15-,22-,29-/m0/s1. The molecular formula is C29H36N4O9. The Morgan fingerprint density at radius 1 is 1.17 bits per heavy atom. The summed E-state index contributed by atoms with van der Waals surface area (Å²) in [5.41, 5.74) is 1.66. The third-order valence-electron chi connectivity index (χ3n) is 8.99. The Bertz CT molecular complexity index is 1440. The second kappa shape index (κ2) is 10.7. The first-order valence-electron chi connectivity index (χ1n) is 13.9. The number of piperidine rings is 1. The van der Waals surface area contributed by atoms with Crippen LogP contribution >= 0.6 is 0 Å². The number of hydrogen-bond acceptors (Lipinski definition) is 11. The highest BCUT2D eigenvalue weighted by atomic mass is 16.5. The highest BCUT2D eigenvalue weighted by Crippen LogP contribution is 2.54. The van der Waals surface area contributed by atoms with E-state index in [1.165, 1.54) is 32.2 Å². The van der Waals surface area contributed by atoms with Crippen molar-refractivity contribution in [3.63, 3.8) is 0 Å². The first kappa shape index (κ1) is 29.5. The van der Waals surface area contributed by atoms with Crippen LogP contribution in [0.25, 0.3) is 5.76 Å². The lowest BCUT2D eigenvalue weighted by Crippen LogP contribution is -2.65. The predicted molar refractivity (Wildman–Crippen MR) is 150 cm³/mol. The molecule has 1 saturated heterocycles. The van der Waals surface area contributed by atoms with Crippen molar-refractivity contribution in [1.29, 1.82) is 0 Å². The number of rotatable bonds is 6. The van der Waals surface area contributed by atoms with Crippen LogP contribution in [0.2, 0.25) is 0 Å². The summed E-state index contributed by atoms with van der Waals surface area (Å²) in [4.78, 5) is 55.6. The molecule has 42 heavy (non-hydrogen) atoms. The van der Waals surface area contributed by atoms with Crippen LogP contribution in [0.15, 0.2) is 23.0 Å². The van der Waals surface area contributed by atoms with Crippen molar-refractivity contribution in [1.82, 2.24) is 9.80 Å². The number of likely N-dealkylation sites (N-methyl/N-ethyl adjacent to an activating group) is 1. The second-order valence-electron chi connectivity index (χ2n) is 11.7. The quantitative estimate of drug-likeness (QED) is 0.199. The number of primary amides is 1. The number of nitrogens with one attached hydrogen (secondary N) is 1. The average molecular weight is 585 g/mol. The summed E-state index contributed by atoms with van der Waals surface area (Å²) in [6.45, 7) is 1.68. The van der Waals surface area contributed by atoms with Gasteiger partial charge in [0.05, 0.1) is 30.9 Å². The van der Waals surface area contributed by atoms with Crippen molar-refractivity contribution in [2.45, 2.75) is 43.7 Å². The van der Waals surface area contributed by atoms with Crippen molar-refractivity contribution in [2.24, 2.45) is 17.6 Å². The number of methoxy groups -OCH3 is 1. The molecule has 1 heterocycles. The number of ketones is 2. The number of anilines is 1. The molecule has 1 aromatic rings. The largest absolute Gasteiger partial charge is 0.508 e. The molecular weight excluding hydrogens is 548 g/mol. The number of aliphatic hydroxyl groups is 3. The third-order valence-corrected chi connectivity index (χ3v) is 8.99. The first-order valence-corrected chi connectivity index (χ1v) is 13.9. The van der Waals surface area contributed by atoms with E-state index in [-0.39, 0.29) is 47.9 Å². The number of ether oxygens (including phenoxy) is 1. The molecule has 0 radical (unpaired) electrons. The number of phenols is 1. The maximum absolute atomic E-state index is 14.0. The van der Waals surface area contributed by atoms with Gasteiger partial charge in [0.25, 0.3) is 5.91 Å². The SMILES string of the molecule is COc1cc(NC(=O)CN2CCCCC2)c(O)c2c1C[C@H]1C[C@H]3[C@H](N(C)C)C(=O)C(C(N)=O)=C(O)[C@@]3(O)C(=O)C1=C2O. The summed E-state index contributed by atoms with van der Waals surface area (Å²) in [6, 6.07) is 0.275. The smallest absolute Gasteiger partial charge is 0.255 e. The van der Waals surface area contributed by atoms with Gasteiger partial charge >= 0.3 is 0 Å². The zero-order valence-corrected chi connectivity index (χ0v) is 23.8. The number of phenolic OH excluding ortho intramolecular Hbond substituents is 1. The number of aromatic hydroxyl groups is 1. The van der Waals surface area contributed by atoms with Gasteiger partial charge in [0.15, 0.2) is 17.1 Å². The lowest BCUT2D eigenvalue weighted by Gasteiger charge is -2.50. The van der Waals surface area contributed by atoms with E-state index < -0.39 is 63.8 Å². The minimum Gasteiger partial charge on any atom is -0.508 e. The number of likely N-dealkylation sites (tertiary alicyclic amines) is 1. The highest BCUT2D eigenvalue weighted by Gasteiger charge is 2.64. The van der Waals surface area contributed by atoms with Crippen LogP contribution in [0.4, 0.5) is 5.69 Å². The van der Waals surface area contributed by atoms with E-state index in [4.69, 9.17) is 10.5 Å². The van der Waals surface area contributed by atoms with Gasteiger partial charge in [-0.25, -0.2) is 0 Å². The molecule has 226 valence electrons. The van der Waals surface area contributed by atoms with Crippen LogP contribution in [-0.4, -0.2) is 106 Å². The summed E-state index contributed by atoms with van der Waals surface area (Å²) >= 11 is 0. The normalized spacial score (nSPS) is 27.9. The molecule has 0 bridgehead atoms. The fourth-order valence-electron chi connectivity index (χ4n) is 7.07. The monoisotopic (exact) mass is 584 g/mol. The van der Waals surface area contributed by atoms with Gasteiger partial charge in [-0.2, -0.15) is 0 Å². The van der Waals surface area contributed by atoms with E-state index in [1.54, 1.807) is 0 Å². The van der Waals surface area contributed by atoms with Crippen LogP contribution in [-0.2, 0) is 25.6 Å². The number of nitrogens with two attached hydrogens (primary N) is 1.